The number of ether oxygens (including phenoxy) is 1. The minimum absolute atomic E-state index is 0.0152. The molecule has 0 unspecified atom stereocenters. The number of anilines is 2. The first kappa shape index (κ1) is 29.0. The van der Waals surface area contributed by atoms with Crippen LogP contribution in [0.5, 0.6) is 5.75 Å². The van der Waals surface area contributed by atoms with E-state index in [2.05, 4.69) is 9.62 Å². The average Bonchev–Trinajstić information content (AvgIpc) is 2.79. The molecule has 1 aliphatic heterocycles. The molecular weight excluding hydrogens is 531 g/mol. The van der Waals surface area contributed by atoms with E-state index in [9.17, 15) is 31.5 Å². The minimum atomic E-state index is -5.08. The van der Waals surface area contributed by atoms with Crippen LogP contribution in [0, 0.1) is 0 Å². The Morgan fingerprint density at radius 1 is 1.06 bits per heavy atom. The van der Waals surface area contributed by atoms with E-state index in [-0.39, 0.29) is 26.9 Å². The first-order valence-electron chi connectivity index (χ1n) is 10.1. The molecule has 1 saturated heterocycles. The molecule has 1 fully saturated rings. The highest BCUT2D eigenvalue weighted by Crippen LogP contribution is 2.33. The molecule has 0 aromatic heterocycles. The Hall–Kier alpha value is -3.23. The van der Waals surface area contributed by atoms with Crippen LogP contribution >= 0.6 is 11.6 Å². The number of methoxy groups -OCH3 is 1. The molecular formula is C21H23ClF3N3O7S. The van der Waals surface area contributed by atoms with Gasteiger partial charge in [-0.15, -0.1) is 0 Å². The molecule has 198 valence electrons. The number of piperazine rings is 1. The number of aromatic carboxylic acids is 1. The molecule has 0 atom stereocenters. The monoisotopic (exact) mass is 553 g/mol. The van der Waals surface area contributed by atoms with E-state index in [1.54, 1.807) is 6.07 Å². The normalized spacial score (nSPS) is 14.4. The number of carboxylic acids is 2. The molecule has 1 heterocycles. The summed E-state index contributed by atoms with van der Waals surface area (Å²) >= 11 is 5.98. The van der Waals surface area contributed by atoms with E-state index < -0.39 is 28.1 Å². The third-order valence-electron chi connectivity index (χ3n) is 4.99. The Labute approximate surface area is 209 Å². The van der Waals surface area contributed by atoms with Crippen LogP contribution in [-0.4, -0.2) is 82.0 Å². The van der Waals surface area contributed by atoms with Crippen molar-refractivity contribution in [2.45, 2.75) is 11.1 Å². The van der Waals surface area contributed by atoms with Crippen LogP contribution in [0.15, 0.2) is 41.3 Å². The van der Waals surface area contributed by atoms with Crippen LogP contribution in [0.4, 0.5) is 24.5 Å². The molecule has 36 heavy (non-hydrogen) atoms. The second-order valence-electron chi connectivity index (χ2n) is 7.53. The van der Waals surface area contributed by atoms with Gasteiger partial charge in [0.25, 0.3) is 10.0 Å². The number of benzene rings is 2. The number of aliphatic carboxylic acids is 1. The second-order valence-corrected chi connectivity index (χ2v) is 9.62. The number of nitrogens with one attached hydrogen (secondary N) is 1. The quantitative estimate of drug-likeness (QED) is 0.492. The lowest BCUT2D eigenvalue weighted by molar-refractivity contribution is -0.192. The Bertz CT molecular complexity index is 1220. The van der Waals surface area contributed by atoms with Crippen molar-refractivity contribution in [2.24, 2.45) is 0 Å². The highest BCUT2D eigenvalue weighted by Gasteiger charge is 2.38. The minimum Gasteiger partial charge on any atom is -0.495 e. The van der Waals surface area contributed by atoms with Gasteiger partial charge in [-0.05, 0) is 43.4 Å². The van der Waals surface area contributed by atoms with Crippen LogP contribution < -0.4 is 14.4 Å². The predicted molar refractivity (Wildman–Crippen MR) is 126 cm³/mol. The van der Waals surface area contributed by atoms with E-state index in [4.69, 9.17) is 26.2 Å². The number of carboxylic acid groups (broad SMARTS) is 2. The van der Waals surface area contributed by atoms with Crippen molar-refractivity contribution >= 4 is 44.9 Å². The van der Waals surface area contributed by atoms with Crippen molar-refractivity contribution in [2.75, 3.05) is 50.0 Å². The third kappa shape index (κ3) is 7.63. The van der Waals surface area contributed by atoms with E-state index in [1.165, 1.54) is 37.4 Å². The topological polar surface area (TPSA) is 136 Å². The van der Waals surface area contributed by atoms with E-state index >= 15 is 0 Å². The molecule has 3 N–H and O–H groups in total. The number of likely N-dealkylation sites (N-methyl/N-ethyl adjacent to an activating group) is 1. The van der Waals surface area contributed by atoms with E-state index in [1.807, 2.05) is 11.9 Å². The SMILES string of the molecule is COc1ccc(Cl)cc1S(=O)(=O)Nc1cc(C(=O)O)ccc1N1CCN(C)CC1.O=C(O)C(F)(F)F. The smallest absolute Gasteiger partial charge is 0.490 e. The molecule has 0 amide bonds. The van der Waals surface area contributed by atoms with Crippen molar-refractivity contribution in [1.29, 1.82) is 0 Å². The Kier molecular flexibility index (Phi) is 9.40. The largest absolute Gasteiger partial charge is 0.495 e. The van der Waals surface area contributed by atoms with Gasteiger partial charge in [-0.1, -0.05) is 11.6 Å². The number of halogens is 4. The van der Waals surface area contributed by atoms with Crippen molar-refractivity contribution in [3.05, 3.63) is 47.0 Å². The van der Waals surface area contributed by atoms with Gasteiger partial charge in [-0.3, -0.25) is 4.72 Å². The fourth-order valence-corrected chi connectivity index (χ4v) is 4.63. The van der Waals surface area contributed by atoms with Crippen molar-refractivity contribution in [3.8, 4) is 5.75 Å². The lowest BCUT2D eigenvalue weighted by Gasteiger charge is -2.35. The molecule has 1 aliphatic rings. The van der Waals surface area contributed by atoms with Crippen molar-refractivity contribution in [1.82, 2.24) is 4.90 Å². The standard InChI is InChI=1S/C19H22ClN3O5S.C2HF3O2/c1-22-7-9-23(10-8-22)16-5-3-13(19(24)25)11-15(16)21-29(26,27)18-12-14(20)4-6-17(18)28-2;3-2(4,5)1(6)7/h3-6,11-12,21H,7-10H2,1-2H3,(H,24,25);(H,6,7). The summed E-state index contributed by atoms with van der Waals surface area (Å²) in [4.78, 5) is 24.4. The maximum atomic E-state index is 13.1. The van der Waals surface area contributed by atoms with Gasteiger partial charge in [0.15, 0.2) is 0 Å². The number of nitrogens with zero attached hydrogens (tertiary/aromatic N) is 2. The maximum Gasteiger partial charge on any atom is 0.490 e. The highest BCUT2D eigenvalue weighted by atomic mass is 35.5. The summed E-state index contributed by atoms with van der Waals surface area (Å²) in [7, 11) is -0.705. The fourth-order valence-electron chi connectivity index (χ4n) is 3.13. The summed E-state index contributed by atoms with van der Waals surface area (Å²) < 4.78 is 65.6. The number of sulfonamides is 1. The Balaban J connectivity index is 0.000000572. The maximum absolute atomic E-state index is 13.1. The molecule has 2 aromatic rings. The van der Waals surface area contributed by atoms with Crippen LogP contribution in [0.2, 0.25) is 5.02 Å². The summed E-state index contributed by atoms with van der Waals surface area (Å²) in [5.41, 5.74) is 0.794. The molecule has 10 nitrogen and oxygen atoms in total. The first-order chi connectivity index (χ1) is 16.7. The van der Waals surface area contributed by atoms with Crippen molar-refractivity contribution < 1.29 is 46.1 Å². The number of hydrogen-bond donors (Lipinski definition) is 3. The van der Waals surface area contributed by atoms with Gasteiger partial charge in [0.05, 0.1) is 24.0 Å². The fraction of sp³-hybridized carbons (Fsp3) is 0.333. The zero-order valence-corrected chi connectivity index (χ0v) is 20.6. The molecule has 15 heteroatoms. The second kappa shape index (κ2) is 11.7. The summed E-state index contributed by atoms with van der Waals surface area (Å²) in [5.74, 6) is -3.76. The van der Waals surface area contributed by atoms with Gasteiger partial charge in [0.1, 0.15) is 10.6 Å². The first-order valence-corrected chi connectivity index (χ1v) is 12.0. The molecule has 0 spiro atoms. The number of hydrogen-bond acceptors (Lipinski definition) is 7. The molecule has 2 aromatic carbocycles. The number of alkyl halides is 3. The van der Waals surface area contributed by atoms with Crippen LogP contribution in [0.3, 0.4) is 0 Å². The summed E-state index contributed by atoms with van der Waals surface area (Å²) in [6.07, 6.45) is -5.08. The van der Waals surface area contributed by atoms with Crippen LogP contribution in [-0.2, 0) is 14.8 Å². The van der Waals surface area contributed by atoms with E-state index in [0.29, 0.717) is 18.8 Å². The summed E-state index contributed by atoms with van der Waals surface area (Å²) in [5, 5.41) is 16.7. The lowest BCUT2D eigenvalue weighted by atomic mass is 10.1. The predicted octanol–water partition coefficient (Wildman–Crippen LogP) is 3.23. The van der Waals surface area contributed by atoms with Gasteiger partial charge in [0.2, 0.25) is 0 Å². The highest BCUT2D eigenvalue weighted by molar-refractivity contribution is 7.92. The zero-order valence-electron chi connectivity index (χ0n) is 19.0. The zero-order chi connectivity index (χ0) is 27.3. The third-order valence-corrected chi connectivity index (χ3v) is 6.61. The average molecular weight is 554 g/mol. The molecule has 0 bridgehead atoms. The van der Waals surface area contributed by atoms with Gasteiger partial charge < -0.3 is 24.7 Å². The number of rotatable bonds is 6. The van der Waals surface area contributed by atoms with Crippen molar-refractivity contribution in [3.63, 3.8) is 0 Å². The number of carbonyl (C=O) groups is 2. The summed E-state index contributed by atoms with van der Waals surface area (Å²) in [6.45, 7) is 3.01. The molecule has 0 radical (unpaired) electrons. The van der Waals surface area contributed by atoms with Gasteiger partial charge in [-0.25, -0.2) is 18.0 Å². The van der Waals surface area contributed by atoms with Crippen LogP contribution in [0.1, 0.15) is 10.4 Å². The molecule has 0 saturated carbocycles. The van der Waals surface area contributed by atoms with Gasteiger partial charge >= 0.3 is 18.1 Å². The Morgan fingerprint density at radius 3 is 2.14 bits per heavy atom. The molecule has 0 aliphatic carbocycles. The van der Waals surface area contributed by atoms with Gasteiger partial charge in [-0.2, -0.15) is 13.2 Å². The molecule has 3 rings (SSSR count). The van der Waals surface area contributed by atoms with E-state index in [0.717, 1.165) is 13.1 Å². The summed E-state index contributed by atoms with van der Waals surface area (Å²) in [6, 6.07) is 8.70. The Morgan fingerprint density at radius 2 is 1.64 bits per heavy atom. The van der Waals surface area contributed by atoms with Crippen LogP contribution in [0.25, 0.3) is 0 Å². The lowest BCUT2D eigenvalue weighted by Crippen LogP contribution is -2.44. The van der Waals surface area contributed by atoms with Gasteiger partial charge in [0, 0.05) is 31.2 Å².